The van der Waals surface area contributed by atoms with E-state index >= 15 is 0 Å². The zero-order chi connectivity index (χ0) is 17.6. The number of carbonyl (C=O) groups is 1. The van der Waals surface area contributed by atoms with Crippen molar-refractivity contribution < 1.29 is 4.79 Å². The molecule has 1 unspecified atom stereocenters. The molecule has 0 aromatic heterocycles. The average Bonchev–Trinajstić information content (AvgIpc) is 3.53. The smallest absolute Gasteiger partial charge is 0.225 e. The Morgan fingerprint density at radius 1 is 0.923 bits per heavy atom. The molecule has 3 heteroatoms. The molecule has 140 valence electrons. The summed E-state index contributed by atoms with van der Waals surface area (Å²) in [5.41, 5.74) is 2.05. The van der Waals surface area contributed by atoms with Crippen LogP contribution >= 0.6 is 0 Å². The number of hydrogen-bond donors (Lipinski definition) is 0. The number of carbonyl (C=O) groups excluding carboxylic acids is 1. The standard InChI is InChI=1S/C23H32N2O/c26-22(19-9-10-19)24-15-11-20(12-16-24)25-17-23(13-5-2-6-14-23)21(25)18-7-3-1-4-8-18/h1,3-4,7-8,19-21H,2,5-6,9-17H2. The Balaban J connectivity index is 1.30. The molecule has 2 saturated carbocycles. The molecule has 1 aromatic carbocycles. The van der Waals surface area contributed by atoms with Crippen LogP contribution in [0, 0.1) is 11.3 Å². The van der Waals surface area contributed by atoms with E-state index in [1.165, 1.54) is 44.2 Å². The molecule has 0 N–H and O–H groups in total. The number of hydrogen-bond acceptors (Lipinski definition) is 2. The molecule has 2 aliphatic heterocycles. The Kier molecular flexibility index (Phi) is 4.31. The maximum absolute atomic E-state index is 12.4. The van der Waals surface area contributed by atoms with E-state index in [1.807, 2.05) is 0 Å². The summed E-state index contributed by atoms with van der Waals surface area (Å²) in [6.07, 6.45) is 11.6. The summed E-state index contributed by atoms with van der Waals surface area (Å²) in [4.78, 5) is 17.3. The summed E-state index contributed by atoms with van der Waals surface area (Å²) in [5, 5.41) is 0. The maximum Gasteiger partial charge on any atom is 0.225 e. The molecule has 0 bridgehead atoms. The van der Waals surface area contributed by atoms with Crippen LogP contribution in [-0.2, 0) is 4.79 Å². The van der Waals surface area contributed by atoms with Gasteiger partial charge >= 0.3 is 0 Å². The van der Waals surface area contributed by atoms with E-state index in [4.69, 9.17) is 0 Å². The van der Waals surface area contributed by atoms with E-state index in [1.54, 1.807) is 0 Å². The highest BCUT2D eigenvalue weighted by molar-refractivity contribution is 5.81. The number of benzene rings is 1. The van der Waals surface area contributed by atoms with Gasteiger partial charge in [0.25, 0.3) is 0 Å². The van der Waals surface area contributed by atoms with Gasteiger partial charge in [-0.1, -0.05) is 49.6 Å². The van der Waals surface area contributed by atoms with Crippen LogP contribution in [0.4, 0.5) is 0 Å². The third-order valence-corrected chi connectivity index (χ3v) is 7.55. The highest BCUT2D eigenvalue weighted by atomic mass is 16.2. The van der Waals surface area contributed by atoms with E-state index in [0.717, 1.165) is 38.8 Å². The lowest BCUT2D eigenvalue weighted by atomic mass is 9.60. The molecular weight excluding hydrogens is 320 g/mol. The van der Waals surface area contributed by atoms with Crippen molar-refractivity contribution in [2.45, 2.75) is 69.9 Å². The minimum Gasteiger partial charge on any atom is -0.342 e. The maximum atomic E-state index is 12.4. The molecule has 2 saturated heterocycles. The first kappa shape index (κ1) is 16.8. The molecule has 1 spiro atoms. The fourth-order valence-corrected chi connectivity index (χ4v) is 5.99. The van der Waals surface area contributed by atoms with Gasteiger partial charge in [0, 0.05) is 43.1 Å². The summed E-state index contributed by atoms with van der Waals surface area (Å²) in [6, 6.07) is 12.5. The molecule has 4 fully saturated rings. The second-order valence-corrected chi connectivity index (χ2v) is 9.24. The lowest BCUT2D eigenvalue weighted by Gasteiger charge is -2.63. The fourth-order valence-electron chi connectivity index (χ4n) is 5.99. The molecule has 5 rings (SSSR count). The molecule has 1 amide bonds. The molecule has 1 aromatic rings. The second-order valence-electron chi connectivity index (χ2n) is 9.24. The van der Waals surface area contributed by atoms with E-state index in [9.17, 15) is 4.79 Å². The minimum atomic E-state index is 0.373. The van der Waals surface area contributed by atoms with Gasteiger partial charge in [0.2, 0.25) is 5.91 Å². The third-order valence-electron chi connectivity index (χ3n) is 7.55. The van der Waals surface area contributed by atoms with E-state index < -0.39 is 0 Å². The van der Waals surface area contributed by atoms with Crippen LogP contribution < -0.4 is 0 Å². The number of piperidine rings is 1. The fraction of sp³-hybridized carbons (Fsp3) is 0.696. The molecule has 26 heavy (non-hydrogen) atoms. The van der Waals surface area contributed by atoms with Gasteiger partial charge in [-0.2, -0.15) is 0 Å². The van der Waals surface area contributed by atoms with Crippen molar-refractivity contribution in [3.8, 4) is 0 Å². The Hall–Kier alpha value is -1.35. The van der Waals surface area contributed by atoms with Gasteiger partial charge in [-0.05, 0) is 44.1 Å². The summed E-state index contributed by atoms with van der Waals surface area (Å²) in [6.45, 7) is 3.24. The van der Waals surface area contributed by atoms with Gasteiger partial charge in [-0.15, -0.1) is 0 Å². The van der Waals surface area contributed by atoms with Crippen molar-refractivity contribution in [2.24, 2.45) is 11.3 Å². The van der Waals surface area contributed by atoms with Crippen LogP contribution in [0.3, 0.4) is 0 Å². The lowest BCUT2D eigenvalue weighted by Crippen LogP contribution is -2.63. The first-order valence-corrected chi connectivity index (χ1v) is 10.9. The van der Waals surface area contributed by atoms with Crippen LogP contribution in [0.15, 0.2) is 30.3 Å². The first-order valence-electron chi connectivity index (χ1n) is 10.9. The van der Waals surface area contributed by atoms with Crippen LogP contribution in [0.1, 0.15) is 69.4 Å². The zero-order valence-corrected chi connectivity index (χ0v) is 15.9. The monoisotopic (exact) mass is 352 g/mol. The number of amides is 1. The topological polar surface area (TPSA) is 23.6 Å². The van der Waals surface area contributed by atoms with E-state index in [-0.39, 0.29) is 0 Å². The van der Waals surface area contributed by atoms with Crippen LogP contribution in [-0.4, -0.2) is 41.4 Å². The van der Waals surface area contributed by atoms with Gasteiger partial charge in [0.15, 0.2) is 0 Å². The highest BCUT2D eigenvalue weighted by Crippen LogP contribution is 2.58. The van der Waals surface area contributed by atoms with Gasteiger partial charge in [-0.3, -0.25) is 9.69 Å². The Morgan fingerprint density at radius 2 is 1.62 bits per heavy atom. The zero-order valence-electron chi connectivity index (χ0n) is 15.9. The van der Waals surface area contributed by atoms with Crippen LogP contribution in [0.5, 0.6) is 0 Å². The lowest BCUT2D eigenvalue weighted by molar-refractivity contribution is -0.144. The molecule has 0 radical (unpaired) electrons. The number of nitrogens with zero attached hydrogens (tertiary/aromatic N) is 2. The molecule has 3 nitrogen and oxygen atoms in total. The summed E-state index contributed by atoms with van der Waals surface area (Å²) in [7, 11) is 0. The number of rotatable bonds is 3. The van der Waals surface area contributed by atoms with Crippen LogP contribution in [0.25, 0.3) is 0 Å². The predicted octanol–water partition coefficient (Wildman–Crippen LogP) is 4.39. The van der Waals surface area contributed by atoms with Gasteiger partial charge < -0.3 is 4.90 Å². The van der Waals surface area contributed by atoms with Crippen molar-refractivity contribution in [2.75, 3.05) is 19.6 Å². The summed E-state index contributed by atoms with van der Waals surface area (Å²) < 4.78 is 0. The molecule has 1 atom stereocenters. The Morgan fingerprint density at radius 3 is 2.27 bits per heavy atom. The predicted molar refractivity (Wildman–Crippen MR) is 104 cm³/mol. The van der Waals surface area contributed by atoms with Crippen molar-refractivity contribution in [3.63, 3.8) is 0 Å². The molecule has 2 aliphatic carbocycles. The Labute approximate surface area is 157 Å². The summed E-state index contributed by atoms with van der Waals surface area (Å²) in [5.74, 6) is 0.813. The second kappa shape index (κ2) is 6.67. The SMILES string of the molecule is O=C(C1CC1)N1CCC(N2CC3(CCCCC3)C2c2ccccc2)CC1. The molecule has 2 heterocycles. The van der Waals surface area contributed by atoms with E-state index in [0.29, 0.717) is 29.3 Å². The first-order chi connectivity index (χ1) is 12.8. The average molecular weight is 353 g/mol. The van der Waals surface area contributed by atoms with Crippen molar-refractivity contribution in [1.82, 2.24) is 9.80 Å². The van der Waals surface area contributed by atoms with Crippen molar-refractivity contribution >= 4 is 5.91 Å². The van der Waals surface area contributed by atoms with Crippen molar-refractivity contribution in [3.05, 3.63) is 35.9 Å². The van der Waals surface area contributed by atoms with Crippen molar-refractivity contribution in [1.29, 1.82) is 0 Å². The largest absolute Gasteiger partial charge is 0.342 e. The number of likely N-dealkylation sites (tertiary alicyclic amines) is 2. The van der Waals surface area contributed by atoms with Crippen LogP contribution in [0.2, 0.25) is 0 Å². The van der Waals surface area contributed by atoms with Gasteiger partial charge in [0.1, 0.15) is 0 Å². The highest BCUT2D eigenvalue weighted by Gasteiger charge is 2.55. The summed E-state index contributed by atoms with van der Waals surface area (Å²) >= 11 is 0. The van der Waals surface area contributed by atoms with E-state index in [2.05, 4.69) is 40.1 Å². The van der Waals surface area contributed by atoms with Gasteiger partial charge in [0.05, 0.1) is 0 Å². The minimum absolute atomic E-state index is 0.373. The Bertz CT molecular complexity index is 639. The van der Waals surface area contributed by atoms with Gasteiger partial charge in [-0.25, -0.2) is 0 Å². The normalized spacial score (nSPS) is 29.5. The third kappa shape index (κ3) is 2.89. The quantitative estimate of drug-likeness (QED) is 0.805. The molecule has 4 aliphatic rings. The molecular formula is C23H32N2O.